The largest absolute Gasteiger partial charge is 0.454 e. The summed E-state index contributed by atoms with van der Waals surface area (Å²) in [6, 6.07) is 3.52. The van der Waals surface area contributed by atoms with Gasteiger partial charge in [-0.2, -0.15) is 0 Å². The Morgan fingerprint density at radius 2 is 2.32 bits per heavy atom. The molecule has 19 heavy (non-hydrogen) atoms. The minimum atomic E-state index is -0.0193. The summed E-state index contributed by atoms with van der Waals surface area (Å²) in [5, 5.41) is 3.68. The van der Waals surface area contributed by atoms with Crippen LogP contribution in [0.3, 0.4) is 0 Å². The van der Waals surface area contributed by atoms with Crippen LogP contribution in [0.2, 0.25) is 5.02 Å². The molecule has 0 aliphatic carbocycles. The molecular formula is C13H15ClN2O3. The number of nitrogens with zero attached hydrogens (tertiary/aromatic N) is 1. The van der Waals surface area contributed by atoms with Gasteiger partial charge in [-0.25, -0.2) is 0 Å². The van der Waals surface area contributed by atoms with Crippen molar-refractivity contribution in [2.75, 3.05) is 26.4 Å². The van der Waals surface area contributed by atoms with Gasteiger partial charge >= 0.3 is 0 Å². The number of hydrogen-bond donors (Lipinski definition) is 1. The first kappa shape index (κ1) is 12.6. The molecule has 0 radical (unpaired) electrons. The number of carbonyl (C=O) groups is 1. The summed E-state index contributed by atoms with van der Waals surface area (Å²) < 4.78 is 10.5. The summed E-state index contributed by atoms with van der Waals surface area (Å²) in [5.41, 5.74) is 0.544. The number of carbonyl (C=O) groups excluding carboxylic acids is 1. The average Bonchev–Trinajstić information content (AvgIpc) is 2.87. The van der Waals surface area contributed by atoms with Crippen LogP contribution < -0.4 is 14.8 Å². The van der Waals surface area contributed by atoms with Gasteiger partial charge in [0.2, 0.25) is 6.79 Å². The second-order valence-corrected chi connectivity index (χ2v) is 5.15. The normalized spacial score (nSPS) is 21.6. The lowest BCUT2D eigenvalue weighted by Crippen LogP contribution is -2.52. The van der Waals surface area contributed by atoms with E-state index in [1.165, 1.54) is 0 Å². The molecule has 1 saturated heterocycles. The first-order valence-corrected chi connectivity index (χ1v) is 6.65. The molecule has 1 aromatic carbocycles. The maximum absolute atomic E-state index is 12.5. The zero-order chi connectivity index (χ0) is 13.4. The van der Waals surface area contributed by atoms with Crippen LogP contribution in [0.1, 0.15) is 17.3 Å². The van der Waals surface area contributed by atoms with E-state index in [1.807, 2.05) is 11.8 Å². The summed E-state index contributed by atoms with van der Waals surface area (Å²) >= 11 is 6.11. The van der Waals surface area contributed by atoms with Crippen molar-refractivity contribution in [3.8, 4) is 11.5 Å². The third-order valence-electron chi connectivity index (χ3n) is 3.44. The second kappa shape index (κ2) is 4.90. The fraction of sp³-hybridized carbons (Fsp3) is 0.462. The SMILES string of the molecule is C[C@H]1CNCCN1C(=O)c1cc(Cl)c2c(c1)OCO2. The van der Waals surface area contributed by atoms with Gasteiger partial charge in [0.05, 0.1) is 5.02 Å². The van der Waals surface area contributed by atoms with E-state index in [-0.39, 0.29) is 18.7 Å². The quantitative estimate of drug-likeness (QED) is 0.848. The minimum Gasteiger partial charge on any atom is -0.454 e. The summed E-state index contributed by atoms with van der Waals surface area (Å²) in [5.74, 6) is 1.04. The lowest BCUT2D eigenvalue weighted by atomic mass is 10.1. The van der Waals surface area contributed by atoms with Crippen LogP contribution in [0.15, 0.2) is 12.1 Å². The minimum absolute atomic E-state index is 0.0193. The van der Waals surface area contributed by atoms with Crippen molar-refractivity contribution in [3.63, 3.8) is 0 Å². The molecule has 0 saturated carbocycles. The van der Waals surface area contributed by atoms with E-state index in [2.05, 4.69) is 5.32 Å². The molecule has 1 atom stereocenters. The van der Waals surface area contributed by atoms with Gasteiger partial charge in [-0.3, -0.25) is 4.79 Å². The van der Waals surface area contributed by atoms with Gasteiger partial charge in [-0.05, 0) is 19.1 Å². The highest BCUT2D eigenvalue weighted by molar-refractivity contribution is 6.32. The molecule has 2 heterocycles. The number of benzene rings is 1. The Bertz CT molecular complexity index is 521. The molecule has 0 aromatic heterocycles. The predicted octanol–water partition coefficient (Wildman–Crippen LogP) is 1.50. The Hall–Kier alpha value is -1.46. The Morgan fingerprint density at radius 1 is 1.47 bits per heavy atom. The first-order valence-electron chi connectivity index (χ1n) is 6.27. The Kier molecular flexibility index (Phi) is 3.24. The van der Waals surface area contributed by atoms with Crippen LogP contribution >= 0.6 is 11.6 Å². The average molecular weight is 283 g/mol. The van der Waals surface area contributed by atoms with Crippen molar-refractivity contribution < 1.29 is 14.3 Å². The number of piperazine rings is 1. The highest BCUT2D eigenvalue weighted by atomic mass is 35.5. The highest BCUT2D eigenvalue weighted by Gasteiger charge is 2.27. The zero-order valence-electron chi connectivity index (χ0n) is 10.6. The van der Waals surface area contributed by atoms with Crippen molar-refractivity contribution >= 4 is 17.5 Å². The van der Waals surface area contributed by atoms with Gasteiger partial charge < -0.3 is 19.7 Å². The summed E-state index contributed by atoms with van der Waals surface area (Å²) in [6.07, 6.45) is 0. The molecule has 6 heteroatoms. The molecule has 3 rings (SSSR count). The maximum atomic E-state index is 12.5. The molecule has 2 aliphatic heterocycles. The van der Waals surface area contributed by atoms with Crippen LogP contribution in [-0.2, 0) is 0 Å². The van der Waals surface area contributed by atoms with E-state index in [9.17, 15) is 4.79 Å². The van der Waals surface area contributed by atoms with E-state index in [4.69, 9.17) is 21.1 Å². The molecular weight excluding hydrogens is 268 g/mol. The number of hydrogen-bond acceptors (Lipinski definition) is 4. The van der Waals surface area contributed by atoms with Crippen LogP contribution in [-0.4, -0.2) is 43.3 Å². The molecule has 2 aliphatic rings. The van der Waals surface area contributed by atoms with Crippen LogP contribution in [0.4, 0.5) is 0 Å². The number of amides is 1. The van der Waals surface area contributed by atoms with Gasteiger partial charge in [0.25, 0.3) is 5.91 Å². The Morgan fingerprint density at radius 3 is 3.11 bits per heavy atom. The number of halogens is 1. The lowest BCUT2D eigenvalue weighted by molar-refractivity contribution is 0.0655. The van der Waals surface area contributed by atoms with Gasteiger partial charge in [0.15, 0.2) is 11.5 Å². The van der Waals surface area contributed by atoms with E-state index in [0.717, 1.165) is 13.1 Å². The smallest absolute Gasteiger partial charge is 0.254 e. The third-order valence-corrected chi connectivity index (χ3v) is 3.72. The summed E-state index contributed by atoms with van der Waals surface area (Å²) in [7, 11) is 0. The Labute approximate surface area is 116 Å². The van der Waals surface area contributed by atoms with E-state index < -0.39 is 0 Å². The second-order valence-electron chi connectivity index (χ2n) is 4.74. The number of ether oxygens (including phenoxy) is 2. The predicted molar refractivity (Wildman–Crippen MR) is 70.9 cm³/mol. The lowest BCUT2D eigenvalue weighted by Gasteiger charge is -2.34. The van der Waals surface area contributed by atoms with E-state index >= 15 is 0 Å². The van der Waals surface area contributed by atoms with Gasteiger partial charge in [-0.15, -0.1) is 0 Å². The third kappa shape index (κ3) is 2.24. The number of nitrogens with one attached hydrogen (secondary N) is 1. The Balaban J connectivity index is 1.89. The fourth-order valence-electron chi connectivity index (χ4n) is 2.40. The van der Waals surface area contributed by atoms with E-state index in [0.29, 0.717) is 28.6 Å². The van der Waals surface area contributed by atoms with Crippen molar-refractivity contribution in [1.29, 1.82) is 0 Å². The number of fused-ring (bicyclic) bond motifs is 1. The molecule has 102 valence electrons. The fourth-order valence-corrected chi connectivity index (χ4v) is 2.66. The molecule has 1 fully saturated rings. The van der Waals surface area contributed by atoms with E-state index in [1.54, 1.807) is 12.1 Å². The highest BCUT2D eigenvalue weighted by Crippen LogP contribution is 2.40. The van der Waals surface area contributed by atoms with Crippen molar-refractivity contribution in [2.24, 2.45) is 0 Å². The zero-order valence-corrected chi connectivity index (χ0v) is 11.4. The van der Waals surface area contributed by atoms with Gasteiger partial charge in [-0.1, -0.05) is 11.6 Å². The first-order chi connectivity index (χ1) is 9.16. The van der Waals surface area contributed by atoms with Crippen molar-refractivity contribution in [1.82, 2.24) is 10.2 Å². The standard InChI is InChI=1S/C13H15ClN2O3/c1-8-6-15-2-3-16(8)13(17)9-4-10(14)12-11(5-9)18-7-19-12/h4-5,8,15H,2-3,6-7H2,1H3/t8-/m0/s1. The van der Waals surface area contributed by atoms with Crippen LogP contribution in [0.25, 0.3) is 0 Å². The molecule has 0 bridgehead atoms. The van der Waals surface area contributed by atoms with Crippen LogP contribution in [0.5, 0.6) is 11.5 Å². The van der Waals surface area contributed by atoms with Crippen LogP contribution in [0, 0.1) is 0 Å². The summed E-state index contributed by atoms with van der Waals surface area (Å²) in [6.45, 7) is 4.50. The molecule has 5 nitrogen and oxygen atoms in total. The van der Waals surface area contributed by atoms with Crippen molar-refractivity contribution in [3.05, 3.63) is 22.7 Å². The molecule has 1 N–H and O–H groups in total. The molecule has 1 amide bonds. The monoisotopic (exact) mass is 282 g/mol. The molecule has 0 unspecified atom stereocenters. The van der Waals surface area contributed by atoms with Crippen molar-refractivity contribution in [2.45, 2.75) is 13.0 Å². The summed E-state index contributed by atoms with van der Waals surface area (Å²) in [4.78, 5) is 14.4. The molecule has 1 aromatic rings. The molecule has 0 spiro atoms. The maximum Gasteiger partial charge on any atom is 0.254 e. The topological polar surface area (TPSA) is 50.8 Å². The van der Waals surface area contributed by atoms with Gasteiger partial charge in [0.1, 0.15) is 0 Å². The number of rotatable bonds is 1. The van der Waals surface area contributed by atoms with Gasteiger partial charge in [0, 0.05) is 31.2 Å².